The molecule has 0 aliphatic carbocycles. The molecule has 6 nitrogen and oxygen atoms in total. The van der Waals surface area contributed by atoms with Crippen LogP contribution in [0, 0.1) is 5.92 Å². The molecule has 1 fully saturated rings. The molecule has 32 heavy (non-hydrogen) atoms. The Bertz CT molecular complexity index is 1090. The van der Waals surface area contributed by atoms with E-state index in [2.05, 4.69) is 40.0 Å². The molecular weight excluding hydrogens is 398 g/mol. The number of likely N-dealkylation sites (tertiary alicyclic amines) is 1. The molecule has 3 aromatic rings. The molecule has 1 aromatic carbocycles. The summed E-state index contributed by atoms with van der Waals surface area (Å²) in [6.07, 6.45) is 2.88. The largest absolute Gasteiger partial charge is 0.362 e. The Morgan fingerprint density at radius 1 is 1.22 bits per heavy atom. The molecule has 3 heterocycles. The molecule has 1 atom stereocenters. The highest BCUT2D eigenvalue weighted by Gasteiger charge is 2.27. The van der Waals surface area contributed by atoms with E-state index >= 15 is 0 Å². The number of hydrogen-bond donors (Lipinski definition) is 1. The molecule has 0 bridgehead atoms. The summed E-state index contributed by atoms with van der Waals surface area (Å²) in [5, 5.41) is 3.99. The molecule has 2 aromatic heterocycles. The summed E-state index contributed by atoms with van der Waals surface area (Å²) in [7, 11) is 4.06. The van der Waals surface area contributed by atoms with Gasteiger partial charge in [-0.3, -0.25) is 14.7 Å². The number of fused-ring (bicyclic) bond motifs is 1. The summed E-state index contributed by atoms with van der Waals surface area (Å²) in [4.78, 5) is 27.0. The Labute approximate surface area is 190 Å². The highest BCUT2D eigenvalue weighted by Crippen LogP contribution is 2.31. The minimum absolute atomic E-state index is 0.0145. The van der Waals surface area contributed by atoms with Crippen LogP contribution in [0.25, 0.3) is 10.9 Å². The molecule has 168 valence electrons. The second-order valence-electron chi connectivity index (χ2n) is 9.32. The van der Waals surface area contributed by atoms with Crippen molar-refractivity contribution >= 4 is 22.6 Å². The Morgan fingerprint density at radius 3 is 2.81 bits per heavy atom. The molecule has 4 rings (SSSR count). The Kier molecular flexibility index (Phi) is 6.70. The van der Waals surface area contributed by atoms with Crippen LogP contribution in [0.3, 0.4) is 0 Å². The summed E-state index contributed by atoms with van der Waals surface area (Å²) in [5.74, 6) is 1.73. The minimum atomic E-state index is -0.0145. The van der Waals surface area contributed by atoms with Crippen molar-refractivity contribution in [2.24, 2.45) is 5.92 Å². The SMILES string of the molecule is CC(C)CNC(=O)c1cc([C@@H]2CCN(Cc3cccnc3N(C)C)C2)nc2ccccc12. The quantitative estimate of drug-likeness (QED) is 0.611. The van der Waals surface area contributed by atoms with E-state index in [0.717, 1.165) is 54.0 Å². The molecule has 0 radical (unpaired) electrons. The first-order chi connectivity index (χ1) is 15.4. The lowest BCUT2D eigenvalue weighted by Gasteiger charge is -2.21. The average molecular weight is 432 g/mol. The molecular formula is C26H33N5O. The third-order valence-corrected chi connectivity index (χ3v) is 6.03. The lowest BCUT2D eigenvalue weighted by atomic mass is 9.99. The van der Waals surface area contributed by atoms with Gasteiger partial charge < -0.3 is 10.2 Å². The Hall–Kier alpha value is -2.99. The third-order valence-electron chi connectivity index (χ3n) is 6.03. The number of para-hydroxylation sites is 1. The number of nitrogens with one attached hydrogen (secondary N) is 1. The molecule has 6 heteroatoms. The second-order valence-corrected chi connectivity index (χ2v) is 9.32. The van der Waals surface area contributed by atoms with Gasteiger partial charge in [-0.25, -0.2) is 4.98 Å². The van der Waals surface area contributed by atoms with Crippen molar-refractivity contribution in [3.05, 3.63) is 65.5 Å². The zero-order valence-corrected chi connectivity index (χ0v) is 19.5. The van der Waals surface area contributed by atoms with Crippen LogP contribution in [0.1, 0.15) is 47.8 Å². The predicted molar refractivity (Wildman–Crippen MR) is 130 cm³/mol. The Morgan fingerprint density at radius 2 is 2.03 bits per heavy atom. The molecule has 1 saturated heterocycles. The number of nitrogens with zero attached hydrogens (tertiary/aromatic N) is 4. The number of anilines is 1. The monoisotopic (exact) mass is 431 g/mol. The number of carbonyl (C=O) groups excluding carboxylic acids is 1. The Balaban J connectivity index is 1.56. The van der Waals surface area contributed by atoms with E-state index in [1.807, 2.05) is 56.7 Å². The summed E-state index contributed by atoms with van der Waals surface area (Å²) < 4.78 is 0. The first-order valence-corrected chi connectivity index (χ1v) is 11.4. The third kappa shape index (κ3) is 4.91. The minimum Gasteiger partial charge on any atom is -0.362 e. The highest BCUT2D eigenvalue weighted by atomic mass is 16.1. The van der Waals surface area contributed by atoms with Gasteiger partial charge in [0.05, 0.1) is 11.1 Å². The number of benzene rings is 1. The maximum Gasteiger partial charge on any atom is 0.252 e. The number of pyridine rings is 2. The fourth-order valence-corrected chi connectivity index (χ4v) is 4.40. The molecule has 0 saturated carbocycles. The first kappa shape index (κ1) is 22.2. The maximum atomic E-state index is 13.0. The predicted octanol–water partition coefficient (Wildman–Crippen LogP) is 4.07. The number of hydrogen-bond acceptors (Lipinski definition) is 5. The van der Waals surface area contributed by atoms with Crippen LogP contribution in [-0.2, 0) is 6.54 Å². The van der Waals surface area contributed by atoms with Gasteiger partial charge in [-0.1, -0.05) is 38.1 Å². The smallest absolute Gasteiger partial charge is 0.252 e. The van der Waals surface area contributed by atoms with Crippen molar-refractivity contribution in [1.29, 1.82) is 0 Å². The molecule has 1 aliphatic heterocycles. The van der Waals surface area contributed by atoms with Crippen LogP contribution in [0.4, 0.5) is 5.82 Å². The average Bonchev–Trinajstić information content (AvgIpc) is 3.25. The first-order valence-electron chi connectivity index (χ1n) is 11.4. The van der Waals surface area contributed by atoms with E-state index in [4.69, 9.17) is 4.98 Å². The van der Waals surface area contributed by atoms with Crippen LogP contribution in [-0.4, -0.2) is 54.5 Å². The number of amides is 1. The fraction of sp³-hybridized carbons (Fsp3) is 0.423. The zero-order chi connectivity index (χ0) is 22.7. The fourth-order valence-electron chi connectivity index (χ4n) is 4.40. The van der Waals surface area contributed by atoms with Gasteiger partial charge in [-0.15, -0.1) is 0 Å². The van der Waals surface area contributed by atoms with Gasteiger partial charge in [0.25, 0.3) is 5.91 Å². The van der Waals surface area contributed by atoms with Gasteiger partial charge >= 0.3 is 0 Å². The van der Waals surface area contributed by atoms with Gasteiger partial charge in [0.15, 0.2) is 0 Å². The van der Waals surface area contributed by atoms with Crippen LogP contribution < -0.4 is 10.2 Å². The van der Waals surface area contributed by atoms with Crippen molar-refractivity contribution in [2.45, 2.75) is 32.7 Å². The van der Waals surface area contributed by atoms with Crippen LogP contribution in [0.2, 0.25) is 0 Å². The van der Waals surface area contributed by atoms with Crippen molar-refractivity contribution in [3.8, 4) is 0 Å². The van der Waals surface area contributed by atoms with Gasteiger partial charge in [0.1, 0.15) is 5.82 Å². The lowest BCUT2D eigenvalue weighted by Crippen LogP contribution is -2.28. The summed E-state index contributed by atoms with van der Waals surface area (Å²) in [5.41, 5.74) is 3.87. The van der Waals surface area contributed by atoms with E-state index in [0.29, 0.717) is 18.4 Å². The van der Waals surface area contributed by atoms with Gasteiger partial charge in [-0.05, 0) is 37.1 Å². The molecule has 1 amide bonds. The van der Waals surface area contributed by atoms with E-state index in [9.17, 15) is 4.79 Å². The van der Waals surface area contributed by atoms with E-state index in [1.54, 1.807) is 0 Å². The molecule has 0 spiro atoms. The van der Waals surface area contributed by atoms with Crippen molar-refractivity contribution < 1.29 is 4.79 Å². The summed E-state index contributed by atoms with van der Waals surface area (Å²) >= 11 is 0. The molecule has 0 unspecified atom stereocenters. The highest BCUT2D eigenvalue weighted by molar-refractivity contribution is 6.06. The van der Waals surface area contributed by atoms with Crippen molar-refractivity contribution in [1.82, 2.24) is 20.2 Å². The van der Waals surface area contributed by atoms with Crippen LogP contribution >= 0.6 is 0 Å². The number of aromatic nitrogens is 2. The van der Waals surface area contributed by atoms with Crippen molar-refractivity contribution in [3.63, 3.8) is 0 Å². The van der Waals surface area contributed by atoms with E-state index < -0.39 is 0 Å². The summed E-state index contributed by atoms with van der Waals surface area (Å²) in [6.45, 7) is 7.69. The zero-order valence-electron chi connectivity index (χ0n) is 19.5. The van der Waals surface area contributed by atoms with Crippen molar-refractivity contribution in [2.75, 3.05) is 38.6 Å². The van der Waals surface area contributed by atoms with Crippen LogP contribution in [0.5, 0.6) is 0 Å². The van der Waals surface area contributed by atoms with E-state index in [-0.39, 0.29) is 5.91 Å². The lowest BCUT2D eigenvalue weighted by molar-refractivity contribution is 0.0950. The molecule has 1 aliphatic rings. The molecule has 1 N–H and O–H groups in total. The van der Waals surface area contributed by atoms with Gasteiger partial charge in [0.2, 0.25) is 0 Å². The normalized spacial score (nSPS) is 16.6. The topological polar surface area (TPSA) is 61.4 Å². The maximum absolute atomic E-state index is 13.0. The van der Waals surface area contributed by atoms with Gasteiger partial charge in [0, 0.05) is 62.5 Å². The second kappa shape index (κ2) is 9.65. The van der Waals surface area contributed by atoms with E-state index in [1.165, 1.54) is 5.56 Å². The number of rotatable bonds is 7. The standard InChI is InChI=1S/C26H33N5O/c1-18(2)15-28-26(32)22-14-24(29-23-10-6-5-9-21(22)23)19-11-13-31(16-19)17-20-8-7-12-27-25(20)30(3)4/h5-10,12,14,18-19H,11,13,15-17H2,1-4H3,(H,28,32)/t19-/m1/s1. The number of carbonyl (C=O) groups is 1. The van der Waals surface area contributed by atoms with Gasteiger partial charge in [-0.2, -0.15) is 0 Å². The van der Waals surface area contributed by atoms with Crippen LogP contribution in [0.15, 0.2) is 48.7 Å². The summed E-state index contributed by atoms with van der Waals surface area (Å²) in [6, 6.07) is 14.1.